The van der Waals surface area contributed by atoms with Crippen molar-refractivity contribution in [1.29, 1.82) is 0 Å². The Morgan fingerprint density at radius 1 is 0.870 bits per heavy atom. The van der Waals surface area contributed by atoms with Crippen LogP contribution in [-0.2, 0) is 22.5 Å². The fourth-order valence-electron chi connectivity index (χ4n) is 1.72. The molecule has 0 saturated heterocycles. The van der Waals surface area contributed by atoms with Gasteiger partial charge in [0.1, 0.15) is 0 Å². The Bertz CT molecular complexity index is 685. The van der Waals surface area contributed by atoms with Crippen LogP contribution in [0.2, 0.25) is 0 Å². The van der Waals surface area contributed by atoms with Crippen LogP contribution in [0.1, 0.15) is 21.9 Å². The molecule has 1 aromatic carbocycles. The van der Waals surface area contributed by atoms with E-state index in [0.29, 0.717) is 0 Å². The maximum absolute atomic E-state index is 12.7. The highest BCUT2D eigenvalue weighted by Crippen LogP contribution is 2.45. The van der Waals surface area contributed by atoms with E-state index in [1.54, 1.807) is 0 Å². The zero-order chi connectivity index (χ0) is 18.4. The maximum atomic E-state index is 12.7. The summed E-state index contributed by atoms with van der Waals surface area (Å²) in [7, 11) is -6.21. The number of halogens is 9. The summed E-state index contributed by atoms with van der Waals surface area (Å²) in [5.74, 6) is 0. The van der Waals surface area contributed by atoms with Crippen LogP contribution >= 0.6 is 0 Å². The summed E-state index contributed by atoms with van der Waals surface area (Å²) in [5.41, 5.74) is -6.45. The molecular weight excluding hydrogens is 371 g/mol. The molecule has 132 valence electrons. The van der Waals surface area contributed by atoms with Crippen LogP contribution in [0.25, 0.3) is 0 Å². The summed E-state index contributed by atoms with van der Waals surface area (Å²) in [6, 6.07) is -1.08. The Labute approximate surface area is 122 Å². The lowest BCUT2D eigenvalue weighted by Gasteiger charge is -2.22. The Balaban J connectivity index is 3.82. The van der Waals surface area contributed by atoms with Gasteiger partial charge in [0.2, 0.25) is 5.25 Å². The highest BCUT2D eigenvalue weighted by molar-refractivity contribution is 7.86. The number of alkyl halides is 9. The van der Waals surface area contributed by atoms with Crippen LogP contribution in [0.15, 0.2) is 18.2 Å². The van der Waals surface area contributed by atoms with Crippen LogP contribution in [0.4, 0.5) is 39.5 Å². The van der Waals surface area contributed by atoms with Crippen molar-refractivity contribution in [2.45, 2.75) is 23.8 Å². The molecule has 0 saturated carbocycles. The molecule has 1 rings (SSSR count). The highest BCUT2D eigenvalue weighted by atomic mass is 32.2. The van der Waals surface area contributed by atoms with Gasteiger partial charge in [0.05, 0.1) is 11.1 Å². The lowest BCUT2D eigenvalue weighted by molar-refractivity contribution is -0.148. The highest BCUT2D eigenvalue weighted by Gasteiger charge is 2.53. The van der Waals surface area contributed by atoms with Gasteiger partial charge in [-0.2, -0.15) is 47.9 Å². The second-order valence-electron chi connectivity index (χ2n) is 4.23. The van der Waals surface area contributed by atoms with E-state index in [1.807, 2.05) is 0 Å². The molecule has 0 bridgehead atoms. The molecule has 23 heavy (non-hydrogen) atoms. The van der Waals surface area contributed by atoms with Gasteiger partial charge in [0.15, 0.2) is 0 Å². The molecule has 0 aromatic heterocycles. The molecule has 1 unspecified atom stereocenters. The number of rotatable bonds is 2. The monoisotopic (exact) mass is 376 g/mol. The number of hydrogen-bond donors (Lipinski definition) is 1. The van der Waals surface area contributed by atoms with Gasteiger partial charge in [-0.05, 0) is 23.8 Å². The summed E-state index contributed by atoms with van der Waals surface area (Å²) in [4.78, 5) is 0. The fourth-order valence-corrected chi connectivity index (χ4v) is 2.57. The van der Waals surface area contributed by atoms with Gasteiger partial charge in [-0.15, -0.1) is 0 Å². The Morgan fingerprint density at radius 3 is 1.65 bits per heavy atom. The van der Waals surface area contributed by atoms with Crippen molar-refractivity contribution < 1.29 is 52.5 Å². The second-order valence-corrected chi connectivity index (χ2v) is 5.74. The molecular formula is C10H5F9O3S. The second kappa shape index (κ2) is 5.54. The van der Waals surface area contributed by atoms with Gasteiger partial charge >= 0.3 is 18.5 Å². The van der Waals surface area contributed by atoms with E-state index in [4.69, 9.17) is 4.55 Å². The van der Waals surface area contributed by atoms with Crippen molar-refractivity contribution in [3.63, 3.8) is 0 Å². The molecule has 3 nitrogen and oxygen atoms in total. The van der Waals surface area contributed by atoms with E-state index in [0.717, 1.165) is 0 Å². The molecule has 0 aliphatic carbocycles. The van der Waals surface area contributed by atoms with Gasteiger partial charge in [-0.1, -0.05) is 0 Å². The molecule has 1 N–H and O–H groups in total. The van der Waals surface area contributed by atoms with Crippen molar-refractivity contribution >= 4 is 10.1 Å². The van der Waals surface area contributed by atoms with E-state index in [1.165, 1.54) is 0 Å². The normalized spacial score (nSPS) is 15.6. The quantitative estimate of drug-likeness (QED) is 0.621. The molecule has 0 spiro atoms. The molecule has 0 heterocycles. The summed E-state index contributed by atoms with van der Waals surface area (Å²) in [6.45, 7) is 0. The van der Waals surface area contributed by atoms with Crippen molar-refractivity contribution in [2.24, 2.45) is 0 Å². The van der Waals surface area contributed by atoms with E-state index in [2.05, 4.69) is 0 Å². The van der Waals surface area contributed by atoms with E-state index in [-0.39, 0.29) is 12.1 Å². The first kappa shape index (κ1) is 19.5. The van der Waals surface area contributed by atoms with Crippen LogP contribution in [-0.4, -0.2) is 19.1 Å². The lowest BCUT2D eigenvalue weighted by Crippen LogP contribution is -2.31. The Kier molecular flexibility index (Phi) is 4.71. The largest absolute Gasteiger partial charge is 0.416 e. The van der Waals surface area contributed by atoms with Crippen molar-refractivity contribution in [1.82, 2.24) is 0 Å². The molecule has 0 radical (unpaired) electrons. The summed E-state index contributed by atoms with van der Waals surface area (Å²) < 4.78 is 144. The lowest BCUT2D eigenvalue weighted by atomic mass is 10.00. The minimum Gasteiger partial charge on any atom is -0.285 e. The molecule has 0 fully saturated rings. The molecule has 13 heteroatoms. The van der Waals surface area contributed by atoms with Gasteiger partial charge in [0, 0.05) is 0 Å². The van der Waals surface area contributed by atoms with Crippen LogP contribution in [0, 0.1) is 0 Å². The maximum Gasteiger partial charge on any atom is 0.416 e. The summed E-state index contributed by atoms with van der Waals surface area (Å²) in [6.07, 6.45) is -16.9. The molecule has 1 aromatic rings. The van der Waals surface area contributed by atoms with Crippen LogP contribution in [0.3, 0.4) is 0 Å². The Morgan fingerprint density at radius 2 is 1.35 bits per heavy atom. The minimum absolute atomic E-state index is 0.149. The first-order valence-corrected chi connectivity index (χ1v) is 6.77. The fraction of sp³-hybridized carbons (Fsp3) is 0.400. The molecule has 0 aliphatic heterocycles. The average molecular weight is 376 g/mol. The van der Waals surface area contributed by atoms with E-state index in [9.17, 15) is 47.9 Å². The first-order chi connectivity index (χ1) is 9.95. The first-order valence-electron chi connectivity index (χ1n) is 5.27. The topological polar surface area (TPSA) is 54.4 Å². The number of benzene rings is 1. The van der Waals surface area contributed by atoms with Crippen molar-refractivity contribution in [2.75, 3.05) is 0 Å². The van der Waals surface area contributed by atoms with Gasteiger partial charge in [-0.25, -0.2) is 0 Å². The minimum atomic E-state index is -6.21. The third-order valence-electron chi connectivity index (χ3n) is 2.56. The van der Waals surface area contributed by atoms with Gasteiger partial charge < -0.3 is 0 Å². The third-order valence-corrected chi connectivity index (χ3v) is 3.68. The van der Waals surface area contributed by atoms with Crippen molar-refractivity contribution in [3.8, 4) is 0 Å². The van der Waals surface area contributed by atoms with Crippen LogP contribution in [0.5, 0.6) is 0 Å². The standard InChI is InChI=1S/C10H5F9O3S/c11-8(12,13)4-1-2-6(9(14,15)16)5(3-4)7(10(17,18)19)23(20,21)22/h1-3,7H,(H,20,21,22). The molecule has 0 aliphatic rings. The number of hydrogen-bond acceptors (Lipinski definition) is 2. The smallest absolute Gasteiger partial charge is 0.285 e. The van der Waals surface area contributed by atoms with Crippen molar-refractivity contribution in [3.05, 3.63) is 34.9 Å². The SMILES string of the molecule is O=S(=O)(O)C(c1cc(C(F)(F)F)ccc1C(F)(F)F)C(F)(F)F. The molecule has 1 atom stereocenters. The van der Waals surface area contributed by atoms with Gasteiger partial charge in [-0.3, -0.25) is 4.55 Å². The third kappa shape index (κ3) is 4.50. The summed E-state index contributed by atoms with van der Waals surface area (Å²) >= 11 is 0. The zero-order valence-electron chi connectivity index (χ0n) is 10.4. The van der Waals surface area contributed by atoms with Gasteiger partial charge in [0.25, 0.3) is 10.1 Å². The zero-order valence-corrected chi connectivity index (χ0v) is 11.2. The van der Waals surface area contributed by atoms with E-state index >= 15 is 0 Å². The predicted octanol–water partition coefficient (Wildman–Crippen LogP) is 4.22. The van der Waals surface area contributed by atoms with Crippen LogP contribution < -0.4 is 0 Å². The summed E-state index contributed by atoms with van der Waals surface area (Å²) in [5, 5.41) is -4.17. The predicted molar refractivity (Wildman–Crippen MR) is 56.8 cm³/mol. The van der Waals surface area contributed by atoms with E-state index < -0.39 is 56.7 Å². The molecule has 0 amide bonds. The Hall–Kier alpha value is -1.50. The average Bonchev–Trinajstić information content (AvgIpc) is 2.21.